The van der Waals surface area contributed by atoms with Gasteiger partial charge >= 0.3 is 0 Å². The topological polar surface area (TPSA) is 21.3 Å². The van der Waals surface area contributed by atoms with Crippen LogP contribution in [0.5, 0.6) is 0 Å². The Kier molecular flexibility index (Phi) is 2.28. The van der Waals surface area contributed by atoms with Crippen molar-refractivity contribution in [3.05, 3.63) is 0 Å². The van der Waals surface area contributed by atoms with Gasteiger partial charge in [0, 0.05) is 6.42 Å². The number of hydrogen-bond donors (Lipinski definition) is 1. The highest BCUT2D eigenvalue weighted by atomic mass is 19.3. The van der Waals surface area contributed by atoms with Crippen molar-refractivity contribution in [2.24, 2.45) is 0 Å². The Labute approximate surface area is 76.6 Å². The maximum absolute atomic E-state index is 13.6. The van der Waals surface area contributed by atoms with Crippen LogP contribution in [0.15, 0.2) is 0 Å². The Bertz CT molecular complexity index is 182. The Hall–Kier alpha value is -0.220. The molecule has 0 bridgehead atoms. The summed E-state index contributed by atoms with van der Waals surface area (Å²) in [5, 5.41) is 2.95. The van der Waals surface area contributed by atoms with Crippen molar-refractivity contribution in [3.8, 4) is 0 Å². The first-order valence-corrected chi connectivity index (χ1v) is 4.87. The Morgan fingerprint density at radius 3 is 2.62 bits per heavy atom. The van der Waals surface area contributed by atoms with Crippen LogP contribution in [0.4, 0.5) is 8.78 Å². The van der Waals surface area contributed by atoms with E-state index in [4.69, 9.17) is 4.74 Å². The van der Waals surface area contributed by atoms with E-state index in [9.17, 15) is 8.78 Å². The van der Waals surface area contributed by atoms with E-state index in [0.717, 1.165) is 12.8 Å². The Morgan fingerprint density at radius 2 is 2.00 bits per heavy atom. The minimum atomic E-state index is -2.59. The third-order valence-corrected chi connectivity index (χ3v) is 3.10. The predicted molar refractivity (Wildman–Crippen MR) is 45.0 cm³/mol. The first-order chi connectivity index (χ1) is 6.16. The summed E-state index contributed by atoms with van der Waals surface area (Å²) in [5.74, 6) is -2.59. The number of nitrogens with one attached hydrogen (secondary N) is 1. The molecule has 2 nitrogen and oxygen atoms in total. The first-order valence-electron chi connectivity index (χ1n) is 4.87. The van der Waals surface area contributed by atoms with Gasteiger partial charge in [-0.1, -0.05) is 6.42 Å². The molecule has 1 spiro atoms. The summed E-state index contributed by atoms with van der Waals surface area (Å²) >= 11 is 0. The van der Waals surface area contributed by atoms with E-state index >= 15 is 0 Å². The fraction of sp³-hybridized carbons (Fsp3) is 1.00. The van der Waals surface area contributed by atoms with Crippen LogP contribution >= 0.6 is 0 Å². The molecule has 1 unspecified atom stereocenters. The van der Waals surface area contributed by atoms with E-state index in [1.54, 1.807) is 0 Å². The zero-order chi connectivity index (χ0) is 9.36. The second-order valence-electron chi connectivity index (χ2n) is 3.97. The first kappa shape index (κ1) is 9.34. The molecule has 0 aromatic heterocycles. The standard InChI is InChI=1S/C9H15F2NO/c10-9(11)4-6-13-7-8(9)3-1-2-5-12-8/h12H,1-7H2. The third-order valence-electron chi connectivity index (χ3n) is 3.10. The van der Waals surface area contributed by atoms with Gasteiger partial charge in [-0.25, -0.2) is 8.78 Å². The molecular formula is C9H15F2NO. The number of halogens is 2. The van der Waals surface area contributed by atoms with E-state index in [2.05, 4.69) is 5.32 Å². The highest BCUT2D eigenvalue weighted by molar-refractivity contribution is 5.04. The van der Waals surface area contributed by atoms with Gasteiger partial charge in [0.2, 0.25) is 0 Å². The number of rotatable bonds is 0. The average molecular weight is 191 g/mol. The van der Waals surface area contributed by atoms with Crippen molar-refractivity contribution in [2.75, 3.05) is 19.8 Å². The van der Waals surface area contributed by atoms with Gasteiger partial charge in [-0.15, -0.1) is 0 Å². The summed E-state index contributed by atoms with van der Waals surface area (Å²) in [4.78, 5) is 0. The summed E-state index contributed by atoms with van der Waals surface area (Å²) in [7, 11) is 0. The summed E-state index contributed by atoms with van der Waals surface area (Å²) in [6.45, 7) is 1.05. The second-order valence-corrected chi connectivity index (χ2v) is 3.97. The molecule has 2 aliphatic rings. The largest absolute Gasteiger partial charge is 0.379 e. The van der Waals surface area contributed by atoms with Crippen LogP contribution in [0.3, 0.4) is 0 Å². The monoisotopic (exact) mass is 191 g/mol. The van der Waals surface area contributed by atoms with Crippen LogP contribution in [0.25, 0.3) is 0 Å². The summed E-state index contributed by atoms with van der Waals surface area (Å²) in [5.41, 5.74) is -1.05. The molecule has 2 heterocycles. The molecule has 1 atom stereocenters. The summed E-state index contributed by atoms with van der Waals surface area (Å²) < 4.78 is 32.4. The molecule has 2 saturated heterocycles. The van der Waals surface area contributed by atoms with Gasteiger partial charge in [0.15, 0.2) is 0 Å². The number of hydrogen-bond acceptors (Lipinski definition) is 2. The highest BCUT2D eigenvalue weighted by Gasteiger charge is 2.55. The van der Waals surface area contributed by atoms with Gasteiger partial charge in [0.05, 0.1) is 13.2 Å². The third kappa shape index (κ3) is 1.46. The lowest BCUT2D eigenvalue weighted by Gasteiger charge is -2.46. The van der Waals surface area contributed by atoms with Crippen LogP contribution in [0.2, 0.25) is 0 Å². The van der Waals surface area contributed by atoms with E-state index < -0.39 is 11.5 Å². The van der Waals surface area contributed by atoms with Crippen molar-refractivity contribution >= 4 is 0 Å². The molecular weight excluding hydrogens is 176 g/mol. The predicted octanol–water partition coefficient (Wildman–Crippen LogP) is 1.55. The minimum absolute atomic E-state index is 0.139. The number of piperidine rings is 1. The molecule has 2 rings (SSSR count). The van der Waals surface area contributed by atoms with Gasteiger partial charge < -0.3 is 10.1 Å². The molecule has 13 heavy (non-hydrogen) atoms. The molecule has 76 valence electrons. The highest BCUT2D eigenvalue weighted by Crippen LogP contribution is 2.40. The van der Waals surface area contributed by atoms with Crippen molar-refractivity contribution < 1.29 is 13.5 Å². The lowest BCUT2D eigenvalue weighted by Crippen LogP contribution is -2.65. The SMILES string of the molecule is FC1(F)CCOCC12CCCCN2. The van der Waals surface area contributed by atoms with Gasteiger partial charge in [0.25, 0.3) is 5.92 Å². The maximum atomic E-state index is 13.6. The van der Waals surface area contributed by atoms with Crippen LogP contribution in [0.1, 0.15) is 25.7 Å². The van der Waals surface area contributed by atoms with Crippen molar-refractivity contribution in [2.45, 2.75) is 37.1 Å². The Morgan fingerprint density at radius 1 is 1.15 bits per heavy atom. The van der Waals surface area contributed by atoms with Crippen LogP contribution in [-0.2, 0) is 4.74 Å². The fourth-order valence-corrected chi connectivity index (χ4v) is 2.19. The molecule has 0 aromatic rings. The second kappa shape index (κ2) is 3.17. The molecule has 0 saturated carbocycles. The van der Waals surface area contributed by atoms with E-state index in [-0.39, 0.29) is 19.6 Å². The molecule has 0 aliphatic carbocycles. The molecule has 0 amide bonds. The number of ether oxygens (including phenoxy) is 1. The van der Waals surface area contributed by atoms with Gasteiger partial charge in [0.1, 0.15) is 5.54 Å². The molecule has 0 aromatic carbocycles. The molecule has 4 heteroatoms. The number of alkyl halides is 2. The van der Waals surface area contributed by atoms with Gasteiger partial charge in [-0.05, 0) is 19.4 Å². The van der Waals surface area contributed by atoms with E-state index in [1.807, 2.05) is 0 Å². The summed E-state index contributed by atoms with van der Waals surface area (Å²) in [6, 6.07) is 0. The van der Waals surface area contributed by atoms with Crippen LogP contribution in [0, 0.1) is 0 Å². The zero-order valence-corrected chi connectivity index (χ0v) is 7.61. The molecule has 1 N–H and O–H groups in total. The normalized spacial score (nSPS) is 39.2. The maximum Gasteiger partial charge on any atom is 0.270 e. The smallest absolute Gasteiger partial charge is 0.270 e. The molecule has 0 radical (unpaired) electrons. The molecule has 2 fully saturated rings. The van der Waals surface area contributed by atoms with Crippen molar-refractivity contribution in [1.29, 1.82) is 0 Å². The lowest BCUT2D eigenvalue weighted by atomic mass is 9.81. The van der Waals surface area contributed by atoms with Crippen LogP contribution in [-0.4, -0.2) is 31.2 Å². The summed E-state index contributed by atoms with van der Waals surface area (Å²) in [6.07, 6.45) is 2.28. The van der Waals surface area contributed by atoms with Crippen molar-refractivity contribution in [1.82, 2.24) is 5.32 Å². The van der Waals surface area contributed by atoms with Crippen molar-refractivity contribution in [3.63, 3.8) is 0 Å². The molecule has 2 aliphatic heterocycles. The van der Waals surface area contributed by atoms with Gasteiger partial charge in [-0.3, -0.25) is 0 Å². The van der Waals surface area contributed by atoms with Gasteiger partial charge in [-0.2, -0.15) is 0 Å². The minimum Gasteiger partial charge on any atom is -0.379 e. The Balaban J connectivity index is 2.16. The van der Waals surface area contributed by atoms with E-state index in [0.29, 0.717) is 13.0 Å². The quantitative estimate of drug-likeness (QED) is 0.627. The van der Waals surface area contributed by atoms with E-state index in [1.165, 1.54) is 0 Å². The van der Waals surface area contributed by atoms with Crippen LogP contribution < -0.4 is 5.32 Å². The zero-order valence-electron chi connectivity index (χ0n) is 7.61. The fourth-order valence-electron chi connectivity index (χ4n) is 2.19. The average Bonchev–Trinajstić information content (AvgIpc) is 2.12. The lowest BCUT2D eigenvalue weighted by molar-refractivity contribution is -0.175.